The Morgan fingerprint density at radius 1 is 1.62 bits per heavy atom. The standard InChI is InChI=1S/C8H6BrFN2O/c1-11-7-3-5(9)2-6(10)8(7)12-4-13/h2-3,11H,1H3. The predicted molar refractivity (Wildman–Crippen MR) is 51.4 cm³/mol. The summed E-state index contributed by atoms with van der Waals surface area (Å²) in [5, 5.41) is 2.72. The first-order chi connectivity index (χ1) is 6.19. The minimum absolute atomic E-state index is 0.0271. The van der Waals surface area contributed by atoms with Crippen molar-refractivity contribution in [2.24, 2.45) is 4.99 Å². The summed E-state index contributed by atoms with van der Waals surface area (Å²) >= 11 is 3.12. The van der Waals surface area contributed by atoms with Crippen LogP contribution in [0.4, 0.5) is 15.8 Å². The number of benzene rings is 1. The van der Waals surface area contributed by atoms with Gasteiger partial charge in [0.1, 0.15) is 5.69 Å². The summed E-state index contributed by atoms with van der Waals surface area (Å²) in [7, 11) is 1.62. The number of anilines is 1. The van der Waals surface area contributed by atoms with Gasteiger partial charge in [0.05, 0.1) is 5.69 Å². The first-order valence-corrected chi connectivity index (χ1v) is 4.23. The molecule has 0 spiro atoms. The Hall–Kier alpha value is -1.19. The highest BCUT2D eigenvalue weighted by Crippen LogP contribution is 2.31. The van der Waals surface area contributed by atoms with Crippen LogP contribution in [0.25, 0.3) is 0 Å². The van der Waals surface area contributed by atoms with E-state index in [1.165, 1.54) is 12.1 Å². The Morgan fingerprint density at radius 2 is 2.31 bits per heavy atom. The Morgan fingerprint density at radius 3 is 2.85 bits per heavy atom. The van der Waals surface area contributed by atoms with E-state index in [1.54, 1.807) is 13.1 Å². The number of nitrogens with zero attached hydrogens (tertiary/aromatic N) is 1. The van der Waals surface area contributed by atoms with E-state index in [4.69, 9.17) is 0 Å². The zero-order chi connectivity index (χ0) is 9.84. The maximum atomic E-state index is 13.1. The third kappa shape index (κ3) is 2.14. The summed E-state index contributed by atoms with van der Waals surface area (Å²) in [6.07, 6.45) is 1.30. The van der Waals surface area contributed by atoms with Crippen molar-refractivity contribution in [3.63, 3.8) is 0 Å². The zero-order valence-corrected chi connectivity index (χ0v) is 8.35. The summed E-state index contributed by atoms with van der Waals surface area (Å²) in [5.74, 6) is -0.568. The van der Waals surface area contributed by atoms with Gasteiger partial charge in [0.2, 0.25) is 6.08 Å². The largest absolute Gasteiger partial charge is 0.386 e. The van der Waals surface area contributed by atoms with E-state index in [9.17, 15) is 9.18 Å². The molecule has 0 saturated carbocycles. The lowest BCUT2D eigenvalue weighted by Gasteiger charge is -2.04. The van der Waals surface area contributed by atoms with Crippen LogP contribution >= 0.6 is 15.9 Å². The van der Waals surface area contributed by atoms with Gasteiger partial charge >= 0.3 is 0 Å². The second kappa shape index (κ2) is 4.16. The lowest BCUT2D eigenvalue weighted by Crippen LogP contribution is -1.90. The van der Waals surface area contributed by atoms with Crippen molar-refractivity contribution >= 4 is 33.4 Å². The van der Waals surface area contributed by atoms with Gasteiger partial charge in [0.25, 0.3) is 0 Å². The van der Waals surface area contributed by atoms with Crippen molar-refractivity contribution < 1.29 is 9.18 Å². The van der Waals surface area contributed by atoms with E-state index >= 15 is 0 Å². The Labute approximate surface area is 82.8 Å². The summed E-state index contributed by atoms with van der Waals surface area (Å²) in [6.45, 7) is 0. The van der Waals surface area contributed by atoms with Crippen LogP contribution in [0.1, 0.15) is 0 Å². The molecule has 1 aromatic rings. The number of isocyanates is 1. The molecule has 0 bridgehead atoms. The van der Waals surface area contributed by atoms with E-state index in [0.29, 0.717) is 10.2 Å². The summed E-state index contributed by atoms with van der Waals surface area (Å²) in [5.41, 5.74) is 0.413. The maximum Gasteiger partial charge on any atom is 0.240 e. The van der Waals surface area contributed by atoms with Crippen LogP contribution in [0.3, 0.4) is 0 Å². The molecule has 0 aliphatic carbocycles. The van der Waals surface area contributed by atoms with E-state index < -0.39 is 5.82 Å². The molecule has 0 aliphatic rings. The van der Waals surface area contributed by atoms with Gasteiger partial charge in [-0.25, -0.2) is 9.18 Å². The van der Waals surface area contributed by atoms with Gasteiger partial charge < -0.3 is 5.32 Å². The van der Waals surface area contributed by atoms with E-state index in [0.717, 1.165) is 0 Å². The quantitative estimate of drug-likeness (QED) is 0.642. The molecule has 1 rings (SSSR count). The van der Waals surface area contributed by atoms with Crippen molar-refractivity contribution in [1.82, 2.24) is 0 Å². The zero-order valence-electron chi connectivity index (χ0n) is 6.77. The van der Waals surface area contributed by atoms with Crippen molar-refractivity contribution in [2.75, 3.05) is 12.4 Å². The molecule has 0 aromatic heterocycles. The molecule has 0 amide bonds. The molecule has 3 nitrogen and oxygen atoms in total. The molecular weight excluding hydrogens is 239 g/mol. The summed E-state index contributed by atoms with van der Waals surface area (Å²) in [4.78, 5) is 13.2. The molecule has 1 aromatic carbocycles. The van der Waals surface area contributed by atoms with Crippen molar-refractivity contribution in [2.45, 2.75) is 0 Å². The minimum Gasteiger partial charge on any atom is -0.386 e. The fourth-order valence-corrected chi connectivity index (χ4v) is 1.35. The fraction of sp³-hybridized carbons (Fsp3) is 0.125. The highest BCUT2D eigenvalue weighted by molar-refractivity contribution is 9.10. The van der Waals surface area contributed by atoms with Gasteiger partial charge in [-0.2, -0.15) is 4.99 Å². The van der Waals surface area contributed by atoms with Crippen LogP contribution in [0.5, 0.6) is 0 Å². The highest BCUT2D eigenvalue weighted by Gasteiger charge is 2.07. The van der Waals surface area contributed by atoms with Crippen molar-refractivity contribution in [3.05, 3.63) is 22.4 Å². The smallest absolute Gasteiger partial charge is 0.240 e. The number of rotatable bonds is 2. The second-order valence-corrected chi connectivity index (χ2v) is 3.15. The third-order valence-corrected chi connectivity index (χ3v) is 1.91. The molecule has 0 radical (unpaired) electrons. The molecule has 0 atom stereocenters. The molecule has 0 unspecified atom stereocenters. The lowest BCUT2D eigenvalue weighted by atomic mass is 10.2. The molecule has 0 fully saturated rings. The topological polar surface area (TPSA) is 41.5 Å². The molecule has 1 N–H and O–H groups in total. The van der Waals surface area contributed by atoms with Crippen LogP contribution in [0.2, 0.25) is 0 Å². The normalized spacial score (nSPS) is 9.15. The monoisotopic (exact) mass is 244 g/mol. The first-order valence-electron chi connectivity index (χ1n) is 3.43. The number of carbonyl (C=O) groups excluding carboxylic acids is 1. The minimum atomic E-state index is -0.568. The van der Waals surface area contributed by atoms with Crippen LogP contribution in [0, 0.1) is 5.82 Å². The average molecular weight is 245 g/mol. The number of aliphatic imine (C=N–C) groups is 1. The van der Waals surface area contributed by atoms with E-state index in [-0.39, 0.29) is 5.69 Å². The molecular formula is C8H6BrFN2O. The van der Waals surface area contributed by atoms with Crippen LogP contribution in [-0.2, 0) is 4.79 Å². The molecule has 5 heteroatoms. The van der Waals surface area contributed by atoms with E-state index in [2.05, 4.69) is 26.2 Å². The van der Waals surface area contributed by atoms with Gasteiger partial charge in [-0.05, 0) is 12.1 Å². The first kappa shape index (κ1) is 9.89. The molecule has 0 aliphatic heterocycles. The van der Waals surface area contributed by atoms with Gasteiger partial charge in [0, 0.05) is 11.5 Å². The SMILES string of the molecule is CNc1cc(Br)cc(F)c1N=C=O. The lowest BCUT2D eigenvalue weighted by molar-refractivity contribution is 0.564. The van der Waals surface area contributed by atoms with Gasteiger partial charge in [-0.1, -0.05) is 15.9 Å². The van der Waals surface area contributed by atoms with Gasteiger partial charge in [0.15, 0.2) is 5.82 Å². The number of hydrogen-bond donors (Lipinski definition) is 1. The van der Waals surface area contributed by atoms with E-state index in [1.807, 2.05) is 0 Å². The molecule has 68 valence electrons. The van der Waals surface area contributed by atoms with Crippen molar-refractivity contribution in [3.8, 4) is 0 Å². The van der Waals surface area contributed by atoms with Crippen molar-refractivity contribution in [1.29, 1.82) is 0 Å². The average Bonchev–Trinajstić information content (AvgIpc) is 2.09. The Balaban J connectivity index is 3.37. The van der Waals surface area contributed by atoms with Crippen LogP contribution in [-0.4, -0.2) is 13.1 Å². The predicted octanol–water partition coefficient (Wildman–Crippen LogP) is 2.60. The van der Waals surface area contributed by atoms with Gasteiger partial charge in [-0.15, -0.1) is 0 Å². The second-order valence-electron chi connectivity index (χ2n) is 2.24. The summed E-state index contributed by atoms with van der Waals surface area (Å²) in [6, 6.07) is 2.86. The van der Waals surface area contributed by atoms with Crippen LogP contribution in [0.15, 0.2) is 21.6 Å². The number of nitrogens with one attached hydrogen (secondary N) is 1. The van der Waals surface area contributed by atoms with Gasteiger partial charge in [-0.3, -0.25) is 0 Å². The number of hydrogen-bond acceptors (Lipinski definition) is 3. The third-order valence-electron chi connectivity index (χ3n) is 1.45. The van der Waals surface area contributed by atoms with Crippen LogP contribution < -0.4 is 5.32 Å². The Kier molecular flexibility index (Phi) is 3.17. The molecule has 13 heavy (non-hydrogen) atoms. The maximum absolute atomic E-state index is 13.1. The molecule has 0 heterocycles. The number of halogens is 2. The highest BCUT2D eigenvalue weighted by atomic mass is 79.9. The Bertz CT molecular complexity index is 375. The fourth-order valence-electron chi connectivity index (χ4n) is 0.916. The molecule has 0 saturated heterocycles. The summed E-state index contributed by atoms with van der Waals surface area (Å²) < 4.78 is 13.7.